The average molecular weight is 377 g/mol. The van der Waals surface area contributed by atoms with Crippen LogP contribution in [0.3, 0.4) is 0 Å². The molecule has 2 nitrogen and oxygen atoms in total. The molecule has 0 aromatic carbocycles. The van der Waals surface area contributed by atoms with Crippen molar-refractivity contribution in [3.63, 3.8) is 0 Å². The van der Waals surface area contributed by atoms with Crippen molar-refractivity contribution in [3.8, 4) is 0 Å². The molecule has 0 radical (unpaired) electrons. The van der Waals surface area contributed by atoms with E-state index in [0.29, 0.717) is 12.5 Å². The van der Waals surface area contributed by atoms with E-state index in [1.165, 1.54) is 63.8 Å². The van der Waals surface area contributed by atoms with Crippen LogP contribution in [0.15, 0.2) is 0 Å². The molecule has 1 N–H and O–H groups in total. The fourth-order valence-electron chi connectivity index (χ4n) is 2.73. The number of aliphatic hydroxyl groups is 1. The van der Waals surface area contributed by atoms with Crippen LogP contribution in [0.25, 0.3) is 0 Å². The van der Waals surface area contributed by atoms with Gasteiger partial charge in [-0.3, -0.25) is 0 Å². The van der Waals surface area contributed by atoms with Crippen molar-refractivity contribution in [1.29, 1.82) is 0 Å². The Hall–Kier alpha value is 0.0669. The molecule has 0 aliphatic rings. The maximum atomic E-state index is 8.64. The van der Waals surface area contributed by atoms with Crippen molar-refractivity contribution in [1.82, 2.24) is 0 Å². The third-order valence-corrected chi connectivity index (χ3v) is 6.80. The molecule has 0 aromatic rings. The summed E-state index contributed by atoms with van der Waals surface area (Å²) in [6, 6.07) is 1.33. The van der Waals surface area contributed by atoms with Crippen LogP contribution in [0.5, 0.6) is 0 Å². The number of hydrogen-bond donors (Lipinski definition) is 1. The summed E-state index contributed by atoms with van der Waals surface area (Å²) in [6.07, 6.45) is 14.1. The maximum absolute atomic E-state index is 8.64. The number of aliphatic hydroxyl groups excluding tert-OH is 1. The Morgan fingerprint density at radius 2 is 1.33 bits per heavy atom. The molecular formula is C20H44O2SSi. The van der Waals surface area contributed by atoms with Gasteiger partial charge in [-0.05, 0) is 51.6 Å². The first kappa shape index (κ1) is 26.3. The van der Waals surface area contributed by atoms with Crippen LogP contribution in [0, 0.1) is 0 Å². The lowest BCUT2D eigenvalue weighted by Gasteiger charge is -2.25. The molecule has 0 heterocycles. The monoisotopic (exact) mass is 376 g/mol. The molecule has 0 saturated heterocycles. The predicted octanol–water partition coefficient (Wildman–Crippen LogP) is 7.82. The van der Waals surface area contributed by atoms with Gasteiger partial charge in [0.15, 0.2) is 13.4 Å². The standard InChI is InChI=1S/C12H28OSi.C8H16OS/c1-6-7-8-9-10-11-14(4,5)13-12(2)3;1-2-3-4-5-6-7-8(9)10/h12H,6-11H2,1-5H3;2-7H2,1H3,(H,9,10). The van der Waals surface area contributed by atoms with Gasteiger partial charge in [0.05, 0.1) is 0 Å². The van der Waals surface area contributed by atoms with E-state index in [2.05, 4.69) is 53.0 Å². The second-order valence-electron chi connectivity index (χ2n) is 7.65. The van der Waals surface area contributed by atoms with Gasteiger partial charge in [0.25, 0.3) is 0 Å². The molecule has 0 fully saturated rings. The summed E-state index contributed by atoms with van der Waals surface area (Å²) >= 11 is 4.53. The fraction of sp³-hybridized carbons (Fsp3) is 0.950. The van der Waals surface area contributed by atoms with Crippen molar-refractivity contribution in [2.45, 2.75) is 124 Å². The Morgan fingerprint density at radius 3 is 1.75 bits per heavy atom. The van der Waals surface area contributed by atoms with Crippen molar-refractivity contribution < 1.29 is 9.53 Å². The van der Waals surface area contributed by atoms with E-state index >= 15 is 0 Å². The summed E-state index contributed by atoms with van der Waals surface area (Å²) in [5.74, 6) is 0. The molecule has 4 heteroatoms. The Balaban J connectivity index is 0. The first-order valence-electron chi connectivity index (χ1n) is 10.1. The summed E-state index contributed by atoms with van der Waals surface area (Å²) in [5, 5.41) is 8.80. The molecule has 0 aromatic heterocycles. The Bertz CT molecular complexity index is 281. The Morgan fingerprint density at radius 1 is 0.875 bits per heavy atom. The summed E-state index contributed by atoms with van der Waals surface area (Å²) in [4.78, 5) is 0. The lowest BCUT2D eigenvalue weighted by molar-refractivity contribution is 0.230. The molecule has 0 unspecified atom stereocenters. The Kier molecular flexibility index (Phi) is 19.6. The third-order valence-electron chi connectivity index (χ3n) is 3.93. The normalized spacial score (nSPS) is 11.3. The number of thiocarbonyl (C=S) groups is 1. The largest absolute Gasteiger partial charge is 0.502 e. The summed E-state index contributed by atoms with van der Waals surface area (Å²) in [6.45, 7) is 13.4. The zero-order valence-corrected chi connectivity index (χ0v) is 19.1. The number of rotatable bonds is 14. The van der Waals surface area contributed by atoms with Crippen molar-refractivity contribution >= 4 is 25.6 Å². The maximum Gasteiger partial charge on any atom is 0.187 e. The molecule has 0 rings (SSSR count). The lowest BCUT2D eigenvalue weighted by atomic mass is 10.1. The lowest BCUT2D eigenvalue weighted by Crippen LogP contribution is -2.33. The first-order chi connectivity index (χ1) is 11.2. The van der Waals surface area contributed by atoms with Gasteiger partial charge < -0.3 is 9.53 Å². The highest BCUT2D eigenvalue weighted by atomic mass is 32.1. The molecular weight excluding hydrogens is 332 g/mol. The molecule has 0 aliphatic carbocycles. The second kappa shape index (κ2) is 17.9. The molecule has 0 atom stereocenters. The predicted molar refractivity (Wildman–Crippen MR) is 116 cm³/mol. The summed E-state index contributed by atoms with van der Waals surface area (Å²) < 4.78 is 5.98. The van der Waals surface area contributed by atoms with E-state index in [4.69, 9.17) is 9.53 Å². The SMILES string of the molecule is CCCCCCCC(O)=S.CCCCCCC[Si](C)(C)OC(C)C. The van der Waals surface area contributed by atoms with Gasteiger partial charge in [0.2, 0.25) is 0 Å². The van der Waals surface area contributed by atoms with E-state index < -0.39 is 8.32 Å². The minimum Gasteiger partial charge on any atom is -0.502 e. The minimum absolute atomic E-state index is 0.163. The van der Waals surface area contributed by atoms with Gasteiger partial charge in [-0.15, -0.1) is 0 Å². The highest BCUT2D eigenvalue weighted by molar-refractivity contribution is 7.80. The molecule has 0 amide bonds. The fourth-order valence-corrected chi connectivity index (χ4v) is 5.37. The third kappa shape index (κ3) is 24.3. The van der Waals surface area contributed by atoms with Crippen molar-refractivity contribution in [2.75, 3.05) is 0 Å². The van der Waals surface area contributed by atoms with Crippen LogP contribution in [0.1, 0.15) is 98.3 Å². The number of hydrogen-bond acceptors (Lipinski definition) is 2. The van der Waals surface area contributed by atoms with Crippen LogP contribution in [-0.4, -0.2) is 24.6 Å². The molecule has 0 saturated carbocycles. The summed E-state index contributed by atoms with van der Waals surface area (Å²) in [5.41, 5.74) is 0. The first-order valence-corrected chi connectivity index (χ1v) is 13.7. The van der Waals surface area contributed by atoms with Crippen LogP contribution in [0.2, 0.25) is 19.1 Å². The highest BCUT2D eigenvalue weighted by Gasteiger charge is 2.22. The van der Waals surface area contributed by atoms with Crippen LogP contribution in [0.4, 0.5) is 0 Å². The van der Waals surface area contributed by atoms with Gasteiger partial charge in [-0.25, -0.2) is 0 Å². The molecule has 146 valence electrons. The zero-order chi connectivity index (χ0) is 18.8. The van der Waals surface area contributed by atoms with E-state index in [1.54, 1.807) is 0 Å². The zero-order valence-electron chi connectivity index (χ0n) is 17.3. The van der Waals surface area contributed by atoms with Crippen LogP contribution < -0.4 is 0 Å². The van der Waals surface area contributed by atoms with Crippen molar-refractivity contribution in [2.24, 2.45) is 0 Å². The molecule has 0 spiro atoms. The van der Waals surface area contributed by atoms with Gasteiger partial charge >= 0.3 is 0 Å². The molecule has 24 heavy (non-hydrogen) atoms. The van der Waals surface area contributed by atoms with E-state index in [1.807, 2.05) is 0 Å². The van der Waals surface area contributed by atoms with E-state index in [9.17, 15) is 0 Å². The van der Waals surface area contributed by atoms with Crippen LogP contribution in [-0.2, 0) is 4.43 Å². The van der Waals surface area contributed by atoms with Crippen molar-refractivity contribution in [3.05, 3.63) is 0 Å². The van der Waals surface area contributed by atoms with Gasteiger partial charge in [-0.2, -0.15) is 0 Å². The summed E-state index contributed by atoms with van der Waals surface area (Å²) in [7, 11) is -1.33. The smallest absolute Gasteiger partial charge is 0.187 e. The van der Waals surface area contributed by atoms with Gasteiger partial charge in [0.1, 0.15) is 0 Å². The van der Waals surface area contributed by atoms with Gasteiger partial charge in [0, 0.05) is 12.5 Å². The topological polar surface area (TPSA) is 29.5 Å². The highest BCUT2D eigenvalue weighted by Crippen LogP contribution is 2.18. The van der Waals surface area contributed by atoms with E-state index in [-0.39, 0.29) is 5.05 Å². The molecule has 0 bridgehead atoms. The Labute approximate surface area is 158 Å². The molecule has 0 aliphatic heterocycles. The quantitative estimate of drug-likeness (QED) is 0.190. The van der Waals surface area contributed by atoms with Gasteiger partial charge in [-0.1, -0.05) is 71.6 Å². The van der Waals surface area contributed by atoms with Crippen LogP contribution >= 0.6 is 12.2 Å². The minimum atomic E-state index is -1.33. The van der Waals surface area contributed by atoms with E-state index in [0.717, 1.165) is 6.42 Å². The second-order valence-corrected chi connectivity index (χ2v) is 12.4. The number of unbranched alkanes of at least 4 members (excludes halogenated alkanes) is 8. The average Bonchev–Trinajstić information content (AvgIpc) is 2.46.